The van der Waals surface area contributed by atoms with Gasteiger partial charge in [-0.15, -0.1) is 0 Å². The highest BCUT2D eigenvalue weighted by molar-refractivity contribution is 9.10. The Morgan fingerprint density at radius 2 is 1.78 bits per heavy atom. The van der Waals surface area contributed by atoms with E-state index < -0.39 is 5.82 Å². The van der Waals surface area contributed by atoms with Gasteiger partial charge in [-0.25, -0.2) is 4.39 Å². The minimum atomic E-state index is -0.500. The lowest BCUT2D eigenvalue weighted by atomic mass is 10.1. The Bertz CT molecular complexity index is 814. The van der Waals surface area contributed by atoms with E-state index >= 15 is 0 Å². The maximum Gasteiger partial charge on any atom is 0.238 e. The van der Waals surface area contributed by atoms with Crippen LogP contribution in [0.2, 0.25) is 0 Å². The molecule has 0 unspecified atom stereocenters. The van der Waals surface area contributed by atoms with Crippen LogP contribution in [0.4, 0.5) is 15.8 Å². The number of para-hydroxylation sites is 1. The second kappa shape index (κ2) is 10.2. The van der Waals surface area contributed by atoms with Crippen LogP contribution < -0.4 is 10.6 Å². The predicted molar refractivity (Wildman–Crippen MR) is 109 cm³/mol. The van der Waals surface area contributed by atoms with Gasteiger partial charge >= 0.3 is 0 Å². The number of aryl methyl sites for hydroxylation is 1. The van der Waals surface area contributed by atoms with Crippen LogP contribution in [0, 0.1) is 5.82 Å². The summed E-state index contributed by atoms with van der Waals surface area (Å²) in [4.78, 5) is 25.9. The predicted octanol–water partition coefficient (Wildman–Crippen LogP) is 4.05. The van der Waals surface area contributed by atoms with Crippen molar-refractivity contribution in [2.45, 2.75) is 19.8 Å². The highest BCUT2D eigenvalue weighted by Gasteiger charge is 2.12. The minimum absolute atomic E-state index is 0.139. The molecule has 0 atom stereocenters. The highest BCUT2D eigenvalue weighted by atomic mass is 79.9. The average molecular weight is 436 g/mol. The van der Waals surface area contributed by atoms with Gasteiger partial charge in [0, 0.05) is 23.1 Å². The number of carbonyl (C=O) groups is 2. The second-order valence-electron chi connectivity index (χ2n) is 6.22. The van der Waals surface area contributed by atoms with E-state index in [0.717, 1.165) is 17.7 Å². The fourth-order valence-electron chi connectivity index (χ4n) is 2.56. The van der Waals surface area contributed by atoms with Gasteiger partial charge in [0.2, 0.25) is 11.8 Å². The van der Waals surface area contributed by atoms with Crippen molar-refractivity contribution in [3.05, 3.63) is 58.3 Å². The number of halogens is 2. The summed E-state index contributed by atoms with van der Waals surface area (Å²) in [5.41, 5.74) is 2.02. The molecule has 144 valence electrons. The van der Waals surface area contributed by atoms with Crippen molar-refractivity contribution in [1.29, 1.82) is 0 Å². The quantitative estimate of drug-likeness (QED) is 0.657. The topological polar surface area (TPSA) is 61.4 Å². The van der Waals surface area contributed by atoms with E-state index in [1.807, 2.05) is 31.2 Å². The van der Waals surface area contributed by atoms with E-state index in [0.29, 0.717) is 11.0 Å². The van der Waals surface area contributed by atoms with Crippen molar-refractivity contribution in [2.24, 2.45) is 0 Å². The fourth-order valence-corrected chi connectivity index (χ4v) is 2.89. The van der Waals surface area contributed by atoms with Gasteiger partial charge < -0.3 is 10.6 Å². The number of hydrogen-bond acceptors (Lipinski definition) is 3. The van der Waals surface area contributed by atoms with E-state index in [1.165, 1.54) is 12.1 Å². The van der Waals surface area contributed by atoms with Crippen LogP contribution >= 0.6 is 15.9 Å². The van der Waals surface area contributed by atoms with E-state index in [9.17, 15) is 14.0 Å². The van der Waals surface area contributed by atoms with Gasteiger partial charge in [0.1, 0.15) is 5.82 Å². The summed E-state index contributed by atoms with van der Waals surface area (Å²) in [6.45, 7) is 2.58. The van der Waals surface area contributed by atoms with E-state index in [-0.39, 0.29) is 30.5 Å². The summed E-state index contributed by atoms with van der Waals surface area (Å²) in [6, 6.07) is 12.1. The number of carbonyl (C=O) groups excluding carboxylic acids is 2. The molecule has 27 heavy (non-hydrogen) atoms. The first-order chi connectivity index (χ1) is 12.9. The largest absolute Gasteiger partial charge is 0.325 e. The van der Waals surface area contributed by atoms with Crippen LogP contribution in [0.3, 0.4) is 0 Å². The molecule has 2 aromatic rings. The molecule has 2 N–H and O–H groups in total. The zero-order valence-corrected chi connectivity index (χ0v) is 17.0. The molecular weight excluding hydrogens is 413 g/mol. The molecule has 2 aromatic carbocycles. The number of nitrogens with zero attached hydrogens (tertiary/aromatic N) is 1. The van der Waals surface area contributed by atoms with Gasteiger partial charge in [-0.2, -0.15) is 0 Å². The standard InChI is InChI=1S/C20H23BrFN3O2/c1-3-14-6-4-5-7-17(14)23-20(27)13-25(2)11-10-19(26)24-18-9-8-15(21)12-16(18)22/h4-9,12H,3,10-11,13H2,1-2H3,(H,23,27)(H,24,26). The molecule has 7 heteroatoms. The molecule has 0 bridgehead atoms. The molecule has 0 fully saturated rings. The zero-order chi connectivity index (χ0) is 19.8. The first kappa shape index (κ1) is 21.1. The summed E-state index contributed by atoms with van der Waals surface area (Å²) < 4.78 is 14.3. The third-order valence-corrected chi connectivity index (χ3v) is 4.50. The first-order valence-electron chi connectivity index (χ1n) is 8.70. The molecule has 5 nitrogen and oxygen atoms in total. The van der Waals surface area contributed by atoms with Gasteiger partial charge in [-0.3, -0.25) is 14.5 Å². The number of anilines is 2. The van der Waals surface area contributed by atoms with Gasteiger partial charge in [0.15, 0.2) is 0 Å². The van der Waals surface area contributed by atoms with Gasteiger partial charge in [0.05, 0.1) is 12.2 Å². The number of rotatable bonds is 8. The molecule has 0 saturated heterocycles. The molecular formula is C20H23BrFN3O2. The lowest BCUT2D eigenvalue weighted by Crippen LogP contribution is -2.32. The smallest absolute Gasteiger partial charge is 0.238 e. The molecule has 0 aliphatic carbocycles. The number of benzene rings is 2. The van der Waals surface area contributed by atoms with Crippen molar-refractivity contribution in [2.75, 3.05) is 30.8 Å². The molecule has 0 aromatic heterocycles. The minimum Gasteiger partial charge on any atom is -0.325 e. The second-order valence-corrected chi connectivity index (χ2v) is 7.13. The highest BCUT2D eigenvalue weighted by Crippen LogP contribution is 2.19. The fraction of sp³-hybridized carbons (Fsp3) is 0.300. The Morgan fingerprint density at radius 1 is 1.07 bits per heavy atom. The molecule has 0 aliphatic rings. The maximum absolute atomic E-state index is 13.7. The average Bonchev–Trinajstić information content (AvgIpc) is 2.62. The molecule has 0 heterocycles. The lowest BCUT2D eigenvalue weighted by Gasteiger charge is -2.17. The molecule has 2 amide bonds. The number of nitrogens with one attached hydrogen (secondary N) is 2. The molecule has 0 radical (unpaired) electrons. The van der Waals surface area contributed by atoms with Crippen molar-refractivity contribution < 1.29 is 14.0 Å². The summed E-state index contributed by atoms with van der Waals surface area (Å²) in [7, 11) is 1.76. The van der Waals surface area contributed by atoms with Crippen molar-refractivity contribution in [3.63, 3.8) is 0 Å². The Morgan fingerprint density at radius 3 is 2.48 bits per heavy atom. The van der Waals surface area contributed by atoms with E-state index in [1.54, 1.807) is 18.0 Å². The Hall–Kier alpha value is -2.25. The Labute approximate surface area is 167 Å². The van der Waals surface area contributed by atoms with Crippen LogP contribution in [0.25, 0.3) is 0 Å². The maximum atomic E-state index is 13.7. The monoisotopic (exact) mass is 435 g/mol. The van der Waals surface area contributed by atoms with E-state index in [2.05, 4.69) is 26.6 Å². The van der Waals surface area contributed by atoms with E-state index in [4.69, 9.17) is 0 Å². The van der Waals surface area contributed by atoms with Crippen molar-refractivity contribution in [1.82, 2.24) is 4.90 Å². The number of likely N-dealkylation sites (N-methyl/N-ethyl adjacent to an activating group) is 1. The SMILES string of the molecule is CCc1ccccc1NC(=O)CN(C)CCC(=O)Nc1ccc(Br)cc1F. The molecule has 0 saturated carbocycles. The summed E-state index contributed by atoms with van der Waals surface area (Å²) in [6.07, 6.45) is 0.990. The zero-order valence-electron chi connectivity index (χ0n) is 15.4. The third kappa shape index (κ3) is 6.77. The lowest BCUT2D eigenvalue weighted by molar-refractivity contribution is -0.119. The van der Waals surface area contributed by atoms with Crippen LogP contribution in [-0.4, -0.2) is 36.9 Å². The van der Waals surface area contributed by atoms with Crippen molar-refractivity contribution >= 4 is 39.1 Å². The Kier molecular flexibility index (Phi) is 7.94. The summed E-state index contributed by atoms with van der Waals surface area (Å²) >= 11 is 3.17. The summed E-state index contributed by atoms with van der Waals surface area (Å²) in [5, 5.41) is 5.44. The van der Waals surface area contributed by atoms with Crippen LogP contribution in [-0.2, 0) is 16.0 Å². The Balaban J connectivity index is 1.78. The molecule has 2 rings (SSSR count). The van der Waals surface area contributed by atoms with Crippen molar-refractivity contribution in [3.8, 4) is 0 Å². The van der Waals surface area contributed by atoms with Crippen LogP contribution in [0.1, 0.15) is 18.9 Å². The van der Waals surface area contributed by atoms with Crippen LogP contribution in [0.5, 0.6) is 0 Å². The molecule has 0 aliphatic heterocycles. The number of hydrogen-bond donors (Lipinski definition) is 2. The van der Waals surface area contributed by atoms with Gasteiger partial charge in [-0.05, 0) is 43.3 Å². The molecule has 0 spiro atoms. The normalized spacial score (nSPS) is 10.7. The summed E-state index contributed by atoms with van der Waals surface area (Å²) in [5.74, 6) is -0.947. The van der Waals surface area contributed by atoms with Crippen LogP contribution in [0.15, 0.2) is 46.9 Å². The number of amides is 2. The third-order valence-electron chi connectivity index (χ3n) is 4.01. The van der Waals surface area contributed by atoms with Gasteiger partial charge in [-0.1, -0.05) is 41.1 Å². The van der Waals surface area contributed by atoms with Gasteiger partial charge in [0.25, 0.3) is 0 Å². The first-order valence-corrected chi connectivity index (χ1v) is 9.49.